The quantitative estimate of drug-likeness (QED) is 0.833. The summed E-state index contributed by atoms with van der Waals surface area (Å²) in [5.74, 6) is -0.625. The van der Waals surface area contributed by atoms with Crippen LogP contribution in [0.4, 0.5) is 5.69 Å². The summed E-state index contributed by atoms with van der Waals surface area (Å²) in [5, 5.41) is 5.44. The molecular weight excluding hydrogens is 278 g/mol. The summed E-state index contributed by atoms with van der Waals surface area (Å²) in [7, 11) is 0. The number of benzene rings is 1. The van der Waals surface area contributed by atoms with Crippen LogP contribution in [0.2, 0.25) is 0 Å². The molecule has 5 nitrogen and oxygen atoms in total. The average Bonchev–Trinajstić information content (AvgIpc) is 2.54. The number of nitrogens with one attached hydrogen (secondary N) is 2. The van der Waals surface area contributed by atoms with Crippen molar-refractivity contribution >= 4 is 17.5 Å². The Labute approximate surface area is 129 Å². The molecule has 0 unspecified atom stereocenters. The van der Waals surface area contributed by atoms with E-state index in [-0.39, 0.29) is 17.5 Å². The summed E-state index contributed by atoms with van der Waals surface area (Å²) in [5.41, 5.74) is 2.28. The lowest BCUT2D eigenvalue weighted by Gasteiger charge is -2.08. The summed E-state index contributed by atoms with van der Waals surface area (Å²) in [4.78, 5) is 28.1. The van der Waals surface area contributed by atoms with Crippen LogP contribution in [-0.2, 0) is 0 Å². The zero-order chi connectivity index (χ0) is 15.9. The van der Waals surface area contributed by atoms with E-state index in [2.05, 4.69) is 22.2 Å². The molecule has 2 aromatic rings. The molecule has 0 aliphatic carbocycles. The molecule has 1 aromatic carbocycles. The Morgan fingerprint density at radius 1 is 1.23 bits per heavy atom. The average molecular weight is 295 g/mol. The number of hydrogen-bond acceptors (Lipinski definition) is 3. The number of anilines is 1. The van der Waals surface area contributed by atoms with E-state index in [1.807, 2.05) is 31.2 Å². The number of carbonyl (C=O) groups is 2. The summed E-state index contributed by atoms with van der Waals surface area (Å²) in [6.07, 6.45) is 3.02. The third kappa shape index (κ3) is 3.79. The first-order valence-electron chi connectivity index (χ1n) is 6.84. The maximum Gasteiger partial charge on any atom is 0.270 e. The summed E-state index contributed by atoms with van der Waals surface area (Å²) in [6, 6.07) is 10.5. The summed E-state index contributed by atoms with van der Waals surface area (Å²) >= 11 is 0. The van der Waals surface area contributed by atoms with Crippen molar-refractivity contribution in [3.05, 3.63) is 72.1 Å². The van der Waals surface area contributed by atoms with Gasteiger partial charge in [0, 0.05) is 24.0 Å². The number of aromatic nitrogens is 1. The van der Waals surface area contributed by atoms with Crippen LogP contribution in [0.25, 0.3) is 0 Å². The van der Waals surface area contributed by atoms with E-state index in [1.54, 1.807) is 12.1 Å². The highest BCUT2D eigenvalue weighted by molar-refractivity contribution is 6.06. The maximum absolute atomic E-state index is 12.3. The summed E-state index contributed by atoms with van der Waals surface area (Å²) in [6.45, 7) is 5.79. The second-order valence-corrected chi connectivity index (χ2v) is 4.70. The molecule has 1 heterocycles. The molecule has 0 aliphatic heterocycles. The van der Waals surface area contributed by atoms with E-state index >= 15 is 0 Å². The molecular formula is C17H17N3O2. The Balaban J connectivity index is 2.15. The lowest BCUT2D eigenvalue weighted by molar-refractivity contribution is 0.0953. The molecule has 0 atom stereocenters. The van der Waals surface area contributed by atoms with Crippen LogP contribution in [0.1, 0.15) is 26.4 Å². The highest BCUT2D eigenvalue weighted by atomic mass is 16.2. The van der Waals surface area contributed by atoms with Gasteiger partial charge < -0.3 is 10.6 Å². The topological polar surface area (TPSA) is 71.1 Å². The molecule has 2 N–H and O–H groups in total. The van der Waals surface area contributed by atoms with Gasteiger partial charge in [0.15, 0.2) is 0 Å². The SMILES string of the molecule is C=CCNC(=O)c1cc(C(=O)Nc2ccccc2C)ccn1. The highest BCUT2D eigenvalue weighted by Crippen LogP contribution is 2.14. The zero-order valence-electron chi connectivity index (χ0n) is 12.3. The van der Waals surface area contributed by atoms with Gasteiger partial charge in [-0.2, -0.15) is 0 Å². The third-order valence-corrected chi connectivity index (χ3v) is 3.05. The van der Waals surface area contributed by atoms with E-state index in [9.17, 15) is 9.59 Å². The number of nitrogens with zero attached hydrogens (tertiary/aromatic N) is 1. The number of para-hydroxylation sites is 1. The fourth-order valence-electron chi connectivity index (χ4n) is 1.86. The predicted molar refractivity (Wildman–Crippen MR) is 85.9 cm³/mol. The van der Waals surface area contributed by atoms with Crippen molar-refractivity contribution in [2.45, 2.75) is 6.92 Å². The van der Waals surface area contributed by atoms with Gasteiger partial charge >= 0.3 is 0 Å². The van der Waals surface area contributed by atoms with Crippen LogP contribution in [-0.4, -0.2) is 23.3 Å². The highest BCUT2D eigenvalue weighted by Gasteiger charge is 2.12. The molecule has 2 amide bonds. The van der Waals surface area contributed by atoms with E-state index in [0.717, 1.165) is 11.3 Å². The fraction of sp³-hybridized carbons (Fsp3) is 0.118. The fourth-order valence-corrected chi connectivity index (χ4v) is 1.86. The Morgan fingerprint density at radius 2 is 2.00 bits per heavy atom. The van der Waals surface area contributed by atoms with E-state index in [0.29, 0.717) is 12.1 Å². The van der Waals surface area contributed by atoms with Gasteiger partial charge in [-0.05, 0) is 30.7 Å². The van der Waals surface area contributed by atoms with E-state index in [1.165, 1.54) is 12.3 Å². The Morgan fingerprint density at radius 3 is 2.73 bits per heavy atom. The molecule has 0 saturated heterocycles. The van der Waals surface area contributed by atoms with Crippen LogP contribution in [0.15, 0.2) is 55.3 Å². The van der Waals surface area contributed by atoms with Crippen LogP contribution in [0, 0.1) is 6.92 Å². The molecule has 112 valence electrons. The number of aryl methyl sites for hydroxylation is 1. The second kappa shape index (κ2) is 7.17. The number of hydrogen-bond donors (Lipinski definition) is 2. The number of carbonyl (C=O) groups excluding carboxylic acids is 2. The monoisotopic (exact) mass is 295 g/mol. The molecule has 0 spiro atoms. The van der Waals surface area contributed by atoms with Crippen LogP contribution in [0.5, 0.6) is 0 Å². The lowest BCUT2D eigenvalue weighted by atomic mass is 10.1. The first kappa shape index (κ1) is 15.4. The first-order chi connectivity index (χ1) is 10.6. The van der Waals surface area contributed by atoms with Gasteiger partial charge in [-0.3, -0.25) is 14.6 Å². The number of pyridine rings is 1. The zero-order valence-corrected chi connectivity index (χ0v) is 12.3. The maximum atomic E-state index is 12.3. The third-order valence-electron chi connectivity index (χ3n) is 3.05. The minimum absolute atomic E-state index is 0.194. The van der Waals surface area contributed by atoms with Gasteiger partial charge in [0.1, 0.15) is 5.69 Å². The largest absolute Gasteiger partial charge is 0.347 e. The standard InChI is InChI=1S/C17H17N3O2/c1-3-9-19-17(22)15-11-13(8-10-18-15)16(21)20-14-7-5-4-6-12(14)2/h3-8,10-11H,1,9H2,2H3,(H,19,22)(H,20,21). The molecule has 22 heavy (non-hydrogen) atoms. The molecule has 0 bridgehead atoms. The molecule has 0 fully saturated rings. The number of amides is 2. The van der Waals surface area contributed by atoms with Crippen molar-refractivity contribution in [3.63, 3.8) is 0 Å². The van der Waals surface area contributed by atoms with Crippen LogP contribution < -0.4 is 10.6 Å². The Hall–Kier alpha value is -2.95. The lowest BCUT2D eigenvalue weighted by Crippen LogP contribution is -2.24. The Bertz CT molecular complexity index is 711. The van der Waals surface area contributed by atoms with Crippen molar-refractivity contribution < 1.29 is 9.59 Å². The van der Waals surface area contributed by atoms with Gasteiger partial charge in [0.05, 0.1) is 0 Å². The smallest absolute Gasteiger partial charge is 0.270 e. The van der Waals surface area contributed by atoms with Crippen molar-refractivity contribution in [2.75, 3.05) is 11.9 Å². The van der Waals surface area contributed by atoms with Crippen LogP contribution in [0.3, 0.4) is 0 Å². The van der Waals surface area contributed by atoms with Crippen molar-refractivity contribution in [3.8, 4) is 0 Å². The summed E-state index contributed by atoms with van der Waals surface area (Å²) < 4.78 is 0. The van der Waals surface area contributed by atoms with Gasteiger partial charge in [0.25, 0.3) is 11.8 Å². The normalized spacial score (nSPS) is 9.86. The van der Waals surface area contributed by atoms with E-state index in [4.69, 9.17) is 0 Å². The molecule has 5 heteroatoms. The van der Waals surface area contributed by atoms with Crippen molar-refractivity contribution in [1.29, 1.82) is 0 Å². The van der Waals surface area contributed by atoms with Gasteiger partial charge in [-0.15, -0.1) is 6.58 Å². The van der Waals surface area contributed by atoms with Crippen LogP contribution >= 0.6 is 0 Å². The number of rotatable bonds is 5. The van der Waals surface area contributed by atoms with Crippen molar-refractivity contribution in [2.24, 2.45) is 0 Å². The molecule has 0 saturated carbocycles. The molecule has 1 aromatic heterocycles. The first-order valence-corrected chi connectivity index (χ1v) is 6.84. The minimum Gasteiger partial charge on any atom is -0.347 e. The predicted octanol–water partition coefficient (Wildman–Crippen LogP) is 2.56. The van der Waals surface area contributed by atoms with Gasteiger partial charge in [-0.1, -0.05) is 24.3 Å². The van der Waals surface area contributed by atoms with Crippen molar-refractivity contribution in [1.82, 2.24) is 10.3 Å². The van der Waals surface area contributed by atoms with Gasteiger partial charge in [-0.25, -0.2) is 0 Å². The van der Waals surface area contributed by atoms with Gasteiger partial charge in [0.2, 0.25) is 0 Å². The van der Waals surface area contributed by atoms with E-state index < -0.39 is 0 Å². The molecule has 2 rings (SSSR count). The minimum atomic E-state index is -0.342. The second-order valence-electron chi connectivity index (χ2n) is 4.70. The Kier molecular flexibility index (Phi) is 5.03. The molecule has 0 aliphatic rings. The molecule has 0 radical (unpaired) electrons.